The highest BCUT2D eigenvalue weighted by Crippen LogP contribution is 2.31. The first-order valence-electron chi connectivity index (χ1n) is 4.63. The highest BCUT2D eigenvalue weighted by molar-refractivity contribution is 5.32. The molecule has 0 saturated carbocycles. The second-order valence-corrected chi connectivity index (χ2v) is 3.54. The number of benzene rings is 1. The van der Waals surface area contributed by atoms with Crippen molar-refractivity contribution < 1.29 is 8.78 Å². The van der Waals surface area contributed by atoms with Crippen molar-refractivity contribution in [1.82, 2.24) is 0 Å². The maximum absolute atomic E-state index is 13.4. The van der Waals surface area contributed by atoms with Crippen LogP contribution in [0.25, 0.3) is 0 Å². The molecule has 0 atom stereocenters. The Morgan fingerprint density at radius 2 is 1.86 bits per heavy atom. The molecule has 78 valence electrons. The number of nitrogens with two attached hydrogens (primary N) is 1. The Kier molecular flexibility index (Phi) is 3.21. The number of rotatable bonds is 3. The molecule has 3 heteroatoms. The summed E-state index contributed by atoms with van der Waals surface area (Å²) < 4.78 is 26.8. The first-order chi connectivity index (χ1) is 6.47. The molecule has 1 aromatic carbocycles. The molecule has 0 aliphatic carbocycles. The maximum atomic E-state index is 13.4. The summed E-state index contributed by atoms with van der Waals surface area (Å²) in [4.78, 5) is 0. The summed E-state index contributed by atoms with van der Waals surface area (Å²) in [6.45, 7) is 3.73. The molecule has 0 spiro atoms. The van der Waals surface area contributed by atoms with Crippen LogP contribution in [0.5, 0.6) is 0 Å². The summed E-state index contributed by atoms with van der Waals surface area (Å²) in [7, 11) is 0. The molecule has 0 aliphatic rings. The Balaban J connectivity index is 3.01. The molecule has 14 heavy (non-hydrogen) atoms. The Hall–Kier alpha value is -0.960. The van der Waals surface area contributed by atoms with Gasteiger partial charge in [0.25, 0.3) is 5.92 Å². The van der Waals surface area contributed by atoms with E-state index in [-0.39, 0.29) is 18.5 Å². The molecular weight excluding hydrogens is 184 g/mol. The lowest BCUT2D eigenvalue weighted by molar-refractivity contribution is -0.0107. The fourth-order valence-corrected chi connectivity index (χ4v) is 1.29. The predicted octanol–water partition coefficient (Wildman–Crippen LogP) is 2.74. The molecule has 0 aliphatic heterocycles. The smallest absolute Gasteiger partial charge is 0.274 e. The summed E-state index contributed by atoms with van der Waals surface area (Å²) in [5, 5.41) is 0. The van der Waals surface area contributed by atoms with Crippen LogP contribution in [0, 0.1) is 13.8 Å². The van der Waals surface area contributed by atoms with E-state index in [1.807, 2.05) is 13.8 Å². The van der Waals surface area contributed by atoms with Crippen LogP contribution in [0.15, 0.2) is 18.2 Å². The van der Waals surface area contributed by atoms with Crippen molar-refractivity contribution >= 4 is 0 Å². The molecule has 0 radical (unpaired) electrons. The molecular formula is C11H15F2N. The van der Waals surface area contributed by atoms with Gasteiger partial charge >= 0.3 is 0 Å². The predicted molar refractivity (Wildman–Crippen MR) is 53.5 cm³/mol. The second kappa shape index (κ2) is 4.05. The lowest BCUT2D eigenvalue weighted by atomic mass is 10.0. The molecule has 1 aromatic rings. The van der Waals surface area contributed by atoms with Crippen molar-refractivity contribution in [2.45, 2.75) is 26.2 Å². The van der Waals surface area contributed by atoms with Crippen LogP contribution >= 0.6 is 0 Å². The normalized spacial score (nSPS) is 11.8. The average molecular weight is 199 g/mol. The maximum Gasteiger partial charge on any atom is 0.274 e. The standard InChI is InChI=1S/C11H15F2N/c1-8-3-4-10(7-9(8)2)11(12,13)5-6-14/h3-4,7H,5-6,14H2,1-2H3. The molecule has 0 unspecified atom stereocenters. The van der Waals surface area contributed by atoms with Crippen LogP contribution in [-0.4, -0.2) is 6.54 Å². The minimum Gasteiger partial charge on any atom is -0.330 e. The van der Waals surface area contributed by atoms with E-state index >= 15 is 0 Å². The zero-order valence-corrected chi connectivity index (χ0v) is 8.48. The lowest BCUT2D eigenvalue weighted by Crippen LogP contribution is -2.18. The Labute approximate surface area is 82.9 Å². The summed E-state index contributed by atoms with van der Waals surface area (Å²) in [6.07, 6.45) is -0.296. The van der Waals surface area contributed by atoms with E-state index in [4.69, 9.17) is 5.73 Å². The zero-order valence-electron chi connectivity index (χ0n) is 8.48. The molecule has 1 rings (SSSR count). The largest absolute Gasteiger partial charge is 0.330 e. The molecule has 0 amide bonds. The molecule has 1 nitrogen and oxygen atoms in total. The monoisotopic (exact) mass is 199 g/mol. The van der Waals surface area contributed by atoms with Gasteiger partial charge in [-0.15, -0.1) is 0 Å². The third-order valence-corrected chi connectivity index (χ3v) is 2.39. The Bertz CT molecular complexity index is 321. The zero-order chi connectivity index (χ0) is 10.8. The van der Waals surface area contributed by atoms with E-state index in [0.29, 0.717) is 0 Å². The minimum absolute atomic E-state index is 0.0000753. The van der Waals surface area contributed by atoms with E-state index in [2.05, 4.69) is 0 Å². The highest BCUT2D eigenvalue weighted by Gasteiger charge is 2.30. The third kappa shape index (κ3) is 2.29. The van der Waals surface area contributed by atoms with Gasteiger partial charge in [-0.2, -0.15) is 0 Å². The summed E-state index contributed by atoms with van der Waals surface area (Å²) in [5.74, 6) is -2.80. The van der Waals surface area contributed by atoms with Gasteiger partial charge in [0.05, 0.1) is 0 Å². The molecule has 0 bridgehead atoms. The molecule has 0 fully saturated rings. The van der Waals surface area contributed by atoms with Crippen LogP contribution in [0.4, 0.5) is 8.78 Å². The van der Waals surface area contributed by atoms with Crippen molar-refractivity contribution in [2.75, 3.05) is 6.54 Å². The van der Waals surface area contributed by atoms with Crippen LogP contribution in [-0.2, 0) is 5.92 Å². The SMILES string of the molecule is Cc1ccc(C(F)(F)CCN)cc1C. The van der Waals surface area contributed by atoms with E-state index in [9.17, 15) is 8.78 Å². The fourth-order valence-electron chi connectivity index (χ4n) is 1.29. The number of halogens is 2. The van der Waals surface area contributed by atoms with Gasteiger partial charge < -0.3 is 5.73 Å². The molecule has 2 N–H and O–H groups in total. The first-order valence-corrected chi connectivity index (χ1v) is 4.63. The summed E-state index contributed by atoms with van der Waals surface area (Å²) >= 11 is 0. The summed E-state index contributed by atoms with van der Waals surface area (Å²) in [6, 6.07) is 4.72. The van der Waals surface area contributed by atoms with Gasteiger partial charge in [-0.05, 0) is 37.6 Å². The van der Waals surface area contributed by atoms with Gasteiger partial charge in [0, 0.05) is 12.0 Å². The summed E-state index contributed by atoms with van der Waals surface area (Å²) in [5.41, 5.74) is 7.11. The van der Waals surface area contributed by atoms with E-state index < -0.39 is 5.92 Å². The fraction of sp³-hybridized carbons (Fsp3) is 0.455. The van der Waals surface area contributed by atoms with Crippen molar-refractivity contribution in [3.05, 3.63) is 34.9 Å². The number of alkyl halides is 2. The Morgan fingerprint density at radius 1 is 1.21 bits per heavy atom. The van der Waals surface area contributed by atoms with Crippen molar-refractivity contribution in [3.8, 4) is 0 Å². The number of hydrogen-bond donors (Lipinski definition) is 1. The quantitative estimate of drug-likeness (QED) is 0.795. The minimum atomic E-state index is -2.80. The molecule has 0 heterocycles. The second-order valence-electron chi connectivity index (χ2n) is 3.54. The van der Waals surface area contributed by atoms with E-state index in [0.717, 1.165) is 11.1 Å². The molecule has 0 saturated heterocycles. The van der Waals surface area contributed by atoms with Crippen molar-refractivity contribution in [1.29, 1.82) is 0 Å². The van der Waals surface area contributed by atoms with Gasteiger partial charge in [0.15, 0.2) is 0 Å². The number of aryl methyl sites for hydroxylation is 2. The van der Waals surface area contributed by atoms with Crippen LogP contribution in [0.2, 0.25) is 0 Å². The highest BCUT2D eigenvalue weighted by atomic mass is 19.3. The van der Waals surface area contributed by atoms with Gasteiger partial charge in [-0.1, -0.05) is 12.1 Å². The molecule has 0 aromatic heterocycles. The van der Waals surface area contributed by atoms with E-state index in [1.54, 1.807) is 6.07 Å². The third-order valence-electron chi connectivity index (χ3n) is 2.39. The van der Waals surface area contributed by atoms with Gasteiger partial charge in [0.2, 0.25) is 0 Å². The topological polar surface area (TPSA) is 26.0 Å². The van der Waals surface area contributed by atoms with Gasteiger partial charge in [0.1, 0.15) is 0 Å². The lowest BCUT2D eigenvalue weighted by Gasteiger charge is -2.16. The van der Waals surface area contributed by atoms with Gasteiger partial charge in [-0.25, -0.2) is 8.78 Å². The van der Waals surface area contributed by atoms with Crippen molar-refractivity contribution in [3.63, 3.8) is 0 Å². The van der Waals surface area contributed by atoms with Gasteiger partial charge in [-0.3, -0.25) is 0 Å². The number of hydrogen-bond acceptors (Lipinski definition) is 1. The van der Waals surface area contributed by atoms with Crippen LogP contribution < -0.4 is 5.73 Å². The van der Waals surface area contributed by atoms with E-state index in [1.165, 1.54) is 12.1 Å². The van der Waals surface area contributed by atoms with Crippen LogP contribution in [0.3, 0.4) is 0 Å². The Morgan fingerprint density at radius 3 is 2.36 bits per heavy atom. The average Bonchev–Trinajstić information content (AvgIpc) is 2.09. The van der Waals surface area contributed by atoms with Crippen molar-refractivity contribution in [2.24, 2.45) is 5.73 Å². The first kappa shape index (κ1) is 11.1. The van der Waals surface area contributed by atoms with Crippen LogP contribution in [0.1, 0.15) is 23.1 Å².